The molecule has 1 aromatic carbocycles. The van der Waals surface area contributed by atoms with Crippen LogP contribution in [-0.4, -0.2) is 58.3 Å². The number of pyridine rings is 1. The summed E-state index contributed by atoms with van der Waals surface area (Å²) in [5, 5.41) is 14.2. The number of aromatic nitrogens is 2. The van der Waals surface area contributed by atoms with Crippen molar-refractivity contribution in [1.29, 1.82) is 5.26 Å². The molecule has 0 unspecified atom stereocenters. The summed E-state index contributed by atoms with van der Waals surface area (Å²) in [5.41, 5.74) is 2.80. The molecule has 156 valence electrons. The molecule has 0 atom stereocenters. The van der Waals surface area contributed by atoms with Gasteiger partial charge in [0.25, 0.3) is 5.91 Å². The standard InChI is InChI=1S/C23H22N6O2/c1-27-8-10-28(11-9-27)23(30)19-15-29-20-7-3-2-6-17(20)21(18(13-24)22(29)26-19)25-14-16-5-4-12-31-16/h2-7,12,15,25H,8-11,14H2,1H3. The zero-order valence-corrected chi connectivity index (χ0v) is 17.2. The van der Waals surface area contributed by atoms with Crippen LogP contribution in [0.2, 0.25) is 0 Å². The van der Waals surface area contributed by atoms with Crippen LogP contribution in [0.5, 0.6) is 0 Å². The van der Waals surface area contributed by atoms with Crippen LogP contribution in [0.4, 0.5) is 5.69 Å². The number of carbonyl (C=O) groups excluding carboxylic acids is 1. The van der Waals surface area contributed by atoms with Crippen molar-refractivity contribution in [2.75, 3.05) is 38.5 Å². The van der Waals surface area contributed by atoms with Gasteiger partial charge in [-0.2, -0.15) is 5.26 Å². The summed E-state index contributed by atoms with van der Waals surface area (Å²) < 4.78 is 7.26. The van der Waals surface area contributed by atoms with Gasteiger partial charge in [0.15, 0.2) is 5.65 Å². The molecular weight excluding hydrogens is 392 g/mol. The number of nitriles is 1. The number of para-hydroxylation sites is 1. The Kier molecular flexibility index (Phi) is 4.81. The number of amides is 1. The van der Waals surface area contributed by atoms with Gasteiger partial charge in [0.05, 0.1) is 24.0 Å². The van der Waals surface area contributed by atoms with Gasteiger partial charge in [-0.3, -0.25) is 9.20 Å². The van der Waals surface area contributed by atoms with E-state index in [2.05, 4.69) is 28.3 Å². The average Bonchev–Trinajstić information content (AvgIpc) is 3.47. The lowest BCUT2D eigenvalue weighted by Gasteiger charge is -2.31. The van der Waals surface area contributed by atoms with E-state index in [1.807, 2.05) is 45.7 Å². The van der Waals surface area contributed by atoms with Crippen molar-refractivity contribution in [3.8, 4) is 6.07 Å². The molecule has 1 fully saturated rings. The van der Waals surface area contributed by atoms with Crippen molar-refractivity contribution in [2.24, 2.45) is 0 Å². The third-order valence-electron chi connectivity index (χ3n) is 5.75. The molecule has 3 aromatic heterocycles. The summed E-state index contributed by atoms with van der Waals surface area (Å²) in [7, 11) is 2.05. The average molecular weight is 414 g/mol. The number of imidazole rings is 1. The van der Waals surface area contributed by atoms with Crippen molar-refractivity contribution in [2.45, 2.75) is 6.54 Å². The Balaban J connectivity index is 1.61. The second-order valence-corrected chi connectivity index (χ2v) is 7.73. The van der Waals surface area contributed by atoms with Gasteiger partial charge in [-0.25, -0.2) is 4.98 Å². The topological polar surface area (TPSA) is 89.8 Å². The van der Waals surface area contributed by atoms with E-state index in [4.69, 9.17) is 4.42 Å². The Labute approximate surface area is 179 Å². The summed E-state index contributed by atoms with van der Waals surface area (Å²) in [4.78, 5) is 21.7. The molecule has 0 saturated carbocycles. The van der Waals surface area contributed by atoms with Crippen LogP contribution in [-0.2, 0) is 6.54 Å². The minimum absolute atomic E-state index is 0.102. The van der Waals surface area contributed by atoms with Gasteiger partial charge in [0.2, 0.25) is 0 Å². The number of likely N-dealkylation sites (N-methyl/N-ethyl adjacent to an activating group) is 1. The Morgan fingerprint density at radius 2 is 2.00 bits per heavy atom. The van der Waals surface area contributed by atoms with E-state index in [1.165, 1.54) is 0 Å². The Morgan fingerprint density at radius 1 is 1.19 bits per heavy atom. The van der Waals surface area contributed by atoms with Crippen LogP contribution in [0.1, 0.15) is 21.8 Å². The zero-order chi connectivity index (χ0) is 21.4. The quantitative estimate of drug-likeness (QED) is 0.552. The van der Waals surface area contributed by atoms with Gasteiger partial charge in [-0.05, 0) is 25.2 Å². The number of fused-ring (bicyclic) bond motifs is 3. The first-order chi connectivity index (χ1) is 15.2. The second kappa shape index (κ2) is 7.78. The van der Waals surface area contributed by atoms with Gasteiger partial charge in [0.1, 0.15) is 23.1 Å². The maximum Gasteiger partial charge on any atom is 0.274 e. The number of anilines is 1. The molecule has 31 heavy (non-hydrogen) atoms. The smallest absolute Gasteiger partial charge is 0.274 e. The number of benzene rings is 1. The first-order valence-corrected chi connectivity index (χ1v) is 10.2. The molecule has 5 rings (SSSR count). The number of hydrogen-bond donors (Lipinski definition) is 1. The number of carbonyl (C=O) groups is 1. The lowest BCUT2D eigenvalue weighted by molar-refractivity contribution is 0.0659. The molecule has 1 aliphatic heterocycles. The highest BCUT2D eigenvalue weighted by molar-refractivity contribution is 6.00. The molecule has 0 aliphatic carbocycles. The predicted octanol–water partition coefficient (Wildman–Crippen LogP) is 2.95. The van der Waals surface area contributed by atoms with Crippen LogP contribution in [0, 0.1) is 11.3 Å². The highest BCUT2D eigenvalue weighted by atomic mass is 16.3. The van der Waals surface area contributed by atoms with E-state index in [9.17, 15) is 10.1 Å². The molecular formula is C23H22N6O2. The normalized spacial score (nSPS) is 14.8. The molecule has 4 heterocycles. The first-order valence-electron chi connectivity index (χ1n) is 10.2. The molecule has 1 saturated heterocycles. The van der Waals surface area contributed by atoms with Gasteiger partial charge >= 0.3 is 0 Å². The largest absolute Gasteiger partial charge is 0.467 e. The van der Waals surface area contributed by atoms with E-state index in [-0.39, 0.29) is 5.91 Å². The fourth-order valence-electron chi connectivity index (χ4n) is 4.03. The highest BCUT2D eigenvalue weighted by Gasteiger charge is 2.24. The zero-order valence-electron chi connectivity index (χ0n) is 17.2. The number of nitrogens with zero attached hydrogens (tertiary/aromatic N) is 5. The molecule has 1 N–H and O–H groups in total. The van der Waals surface area contributed by atoms with Gasteiger partial charge in [0, 0.05) is 37.8 Å². The van der Waals surface area contributed by atoms with E-state index < -0.39 is 0 Å². The lowest BCUT2D eigenvalue weighted by atomic mass is 10.1. The second-order valence-electron chi connectivity index (χ2n) is 7.73. The molecule has 8 nitrogen and oxygen atoms in total. The van der Waals surface area contributed by atoms with Crippen molar-refractivity contribution in [3.63, 3.8) is 0 Å². The van der Waals surface area contributed by atoms with E-state index in [0.29, 0.717) is 42.2 Å². The van der Waals surface area contributed by atoms with Crippen molar-refractivity contribution >= 4 is 28.1 Å². The van der Waals surface area contributed by atoms with E-state index in [0.717, 1.165) is 29.8 Å². The Hall–Kier alpha value is -3.83. The van der Waals surface area contributed by atoms with Crippen LogP contribution in [0.25, 0.3) is 16.6 Å². The SMILES string of the molecule is CN1CCN(C(=O)c2cn3c(n2)c(C#N)c(NCc2ccco2)c2ccccc23)CC1. The lowest BCUT2D eigenvalue weighted by Crippen LogP contribution is -2.47. The highest BCUT2D eigenvalue weighted by Crippen LogP contribution is 2.31. The molecule has 8 heteroatoms. The minimum atomic E-state index is -0.102. The van der Waals surface area contributed by atoms with Crippen molar-refractivity contribution in [3.05, 3.63) is 65.9 Å². The summed E-state index contributed by atoms with van der Waals surface area (Å²) in [6.45, 7) is 3.46. The third-order valence-corrected chi connectivity index (χ3v) is 5.75. The maximum absolute atomic E-state index is 13.1. The summed E-state index contributed by atoms with van der Waals surface area (Å²) in [5.74, 6) is 0.664. The Bertz CT molecular complexity index is 1290. The number of piperazine rings is 1. The Morgan fingerprint density at radius 3 is 2.74 bits per heavy atom. The number of nitrogens with one attached hydrogen (secondary N) is 1. The van der Waals surface area contributed by atoms with Crippen LogP contribution in [0.15, 0.2) is 53.3 Å². The molecule has 0 spiro atoms. The van der Waals surface area contributed by atoms with E-state index in [1.54, 1.807) is 12.5 Å². The van der Waals surface area contributed by atoms with E-state index >= 15 is 0 Å². The monoisotopic (exact) mass is 414 g/mol. The minimum Gasteiger partial charge on any atom is -0.467 e. The maximum atomic E-state index is 13.1. The van der Waals surface area contributed by atoms with Crippen LogP contribution >= 0.6 is 0 Å². The molecule has 1 aliphatic rings. The first kappa shape index (κ1) is 19.2. The van der Waals surface area contributed by atoms with Gasteiger partial charge < -0.3 is 19.5 Å². The molecule has 0 radical (unpaired) electrons. The number of hydrogen-bond acceptors (Lipinski definition) is 6. The van der Waals surface area contributed by atoms with Gasteiger partial charge in [-0.15, -0.1) is 0 Å². The predicted molar refractivity (Wildman–Crippen MR) is 117 cm³/mol. The molecule has 4 aromatic rings. The molecule has 1 amide bonds. The summed E-state index contributed by atoms with van der Waals surface area (Å²) in [6, 6.07) is 13.8. The fourth-order valence-corrected chi connectivity index (χ4v) is 4.03. The van der Waals surface area contributed by atoms with Crippen molar-refractivity contribution in [1.82, 2.24) is 19.2 Å². The molecule has 0 bridgehead atoms. The number of rotatable bonds is 4. The van der Waals surface area contributed by atoms with Crippen LogP contribution < -0.4 is 5.32 Å². The third kappa shape index (κ3) is 3.39. The summed E-state index contributed by atoms with van der Waals surface area (Å²) in [6.07, 6.45) is 3.36. The fraction of sp³-hybridized carbons (Fsp3) is 0.261. The number of furan rings is 1. The summed E-state index contributed by atoms with van der Waals surface area (Å²) >= 11 is 0. The van der Waals surface area contributed by atoms with Gasteiger partial charge in [-0.1, -0.05) is 18.2 Å². The van der Waals surface area contributed by atoms with Crippen molar-refractivity contribution < 1.29 is 9.21 Å². The van der Waals surface area contributed by atoms with Crippen LogP contribution in [0.3, 0.4) is 0 Å².